The highest BCUT2D eigenvalue weighted by Crippen LogP contribution is 2.10. The lowest BCUT2D eigenvalue weighted by atomic mass is 10.2. The number of nitrogens with one attached hydrogen (secondary N) is 2. The first-order valence-corrected chi connectivity index (χ1v) is 7.93. The van der Waals surface area contributed by atoms with Crippen LogP contribution in [0.1, 0.15) is 19.4 Å². The van der Waals surface area contributed by atoms with Crippen molar-refractivity contribution < 1.29 is 13.2 Å². The first-order chi connectivity index (χ1) is 9.28. The lowest BCUT2D eigenvalue weighted by Gasteiger charge is -2.08. The molecule has 0 saturated heterocycles. The zero-order chi connectivity index (χ0) is 15.2. The topological polar surface area (TPSA) is 75.3 Å². The fraction of sp³-hybridized carbons (Fsp3) is 0.308. The normalized spacial score (nSPS) is 12.0. The Morgan fingerprint density at radius 1 is 1.30 bits per heavy atom. The Bertz CT molecular complexity index is 580. The number of hydrogen-bond donors (Lipinski definition) is 2. The van der Waals surface area contributed by atoms with E-state index in [1.165, 1.54) is 6.08 Å². The molecule has 0 fully saturated rings. The highest BCUT2D eigenvalue weighted by molar-refractivity contribution is 7.92. The molecular formula is C13H17ClN2O3S. The lowest BCUT2D eigenvalue weighted by molar-refractivity contribution is -0.120. The molecule has 0 aromatic heterocycles. The fourth-order valence-electron chi connectivity index (χ4n) is 1.33. The summed E-state index contributed by atoms with van der Waals surface area (Å²) < 4.78 is 25.5. The van der Waals surface area contributed by atoms with Crippen molar-refractivity contribution in [2.45, 2.75) is 19.9 Å². The lowest BCUT2D eigenvalue weighted by Crippen LogP contribution is -2.39. The number of rotatable bonds is 6. The van der Waals surface area contributed by atoms with Crippen LogP contribution >= 0.6 is 11.6 Å². The molecule has 1 aromatic rings. The van der Waals surface area contributed by atoms with Crippen molar-refractivity contribution in [3.05, 3.63) is 40.3 Å². The van der Waals surface area contributed by atoms with Gasteiger partial charge in [-0.1, -0.05) is 23.7 Å². The zero-order valence-electron chi connectivity index (χ0n) is 11.3. The number of amides is 1. The Morgan fingerprint density at radius 3 is 2.45 bits per heavy atom. The Kier molecular flexibility index (Phi) is 6.19. The van der Waals surface area contributed by atoms with E-state index in [1.807, 2.05) is 0 Å². The summed E-state index contributed by atoms with van der Waals surface area (Å²) in [5, 5.41) is 4.18. The molecular weight excluding hydrogens is 300 g/mol. The molecule has 0 saturated carbocycles. The monoisotopic (exact) mass is 316 g/mol. The molecule has 0 radical (unpaired) electrons. The standard InChI is InChI=1S/C13H17ClN2O3S/c1-10(2)16-13(17)9-15-20(18,19)8-7-11-3-5-12(14)6-4-11/h3-8,10,15H,9H2,1-2H3,(H,16,17)/b8-7+. The summed E-state index contributed by atoms with van der Waals surface area (Å²) in [5.41, 5.74) is 0.700. The van der Waals surface area contributed by atoms with Gasteiger partial charge >= 0.3 is 0 Å². The van der Waals surface area contributed by atoms with Gasteiger partial charge in [0.2, 0.25) is 15.9 Å². The largest absolute Gasteiger partial charge is 0.353 e. The Hall–Kier alpha value is -1.37. The maximum absolute atomic E-state index is 11.7. The molecule has 0 spiro atoms. The average Bonchev–Trinajstić information content (AvgIpc) is 2.35. The van der Waals surface area contributed by atoms with Gasteiger partial charge in [-0.3, -0.25) is 4.79 Å². The molecule has 0 unspecified atom stereocenters. The molecule has 0 atom stereocenters. The predicted molar refractivity (Wildman–Crippen MR) is 80.7 cm³/mol. The third kappa shape index (κ3) is 6.70. The van der Waals surface area contributed by atoms with Crippen LogP contribution in [0.4, 0.5) is 0 Å². The molecule has 20 heavy (non-hydrogen) atoms. The van der Waals surface area contributed by atoms with Crippen LogP contribution in [-0.4, -0.2) is 26.9 Å². The van der Waals surface area contributed by atoms with Crippen molar-refractivity contribution in [2.24, 2.45) is 0 Å². The highest BCUT2D eigenvalue weighted by Gasteiger charge is 2.09. The summed E-state index contributed by atoms with van der Waals surface area (Å²) in [7, 11) is -3.65. The molecule has 0 aliphatic rings. The van der Waals surface area contributed by atoms with Crippen LogP contribution in [0, 0.1) is 0 Å². The molecule has 0 aliphatic carbocycles. The summed E-state index contributed by atoms with van der Waals surface area (Å²) in [6.45, 7) is 3.31. The van der Waals surface area contributed by atoms with E-state index in [9.17, 15) is 13.2 Å². The van der Waals surface area contributed by atoms with Crippen molar-refractivity contribution in [3.8, 4) is 0 Å². The van der Waals surface area contributed by atoms with Gasteiger partial charge in [-0.05, 0) is 37.6 Å². The molecule has 0 heterocycles. The van der Waals surface area contributed by atoms with Crippen molar-refractivity contribution in [1.82, 2.24) is 10.0 Å². The third-order valence-corrected chi connectivity index (χ3v) is 3.49. The summed E-state index contributed by atoms with van der Waals surface area (Å²) in [4.78, 5) is 11.3. The molecule has 7 heteroatoms. The quantitative estimate of drug-likeness (QED) is 0.839. The minimum atomic E-state index is -3.65. The maximum Gasteiger partial charge on any atom is 0.235 e. The minimum Gasteiger partial charge on any atom is -0.353 e. The van der Waals surface area contributed by atoms with E-state index >= 15 is 0 Å². The Morgan fingerprint density at radius 2 is 1.90 bits per heavy atom. The Balaban J connectivity index is 2.57. The molecule has 1 rings (SSSR count). The van der Waals surface area contributed by atoms with Crippen molar-refractivity contribution >= 4 is 33.6 Å². The average molecular weight is 317 g/mol. The summed E-state index contributed by atoms with van der Waals surface area (Å²) in [6, 6.07) is 6.69. The van der Waals surface area contributed by atoms with E-state index in [0.717, 1.165) is 5.41 Å². The second-order valence-electron chi connectivity index (χ2n) is 4.44. The third-order valence-electron chi connectivity index (χ3n) is 2.19. The van der Waals surface area contributed by atoms with Crippen LogP contribution in [0.5, 0.6) is 0 Å². The number of carbonyl (C=O) groups excluding carboxylic acids is 1. The second kappa shape index (κ2) is 7.42. The first kappa shape index (κ1) is 16.7. The molecule has 110 valence electrons. The van der Waals surface area contributed by atoms with Crippen molar-refractivity contribution in [3.63, 3.8) is 0 Å². The van der Waals surface area contributed by atoms with Gasteiger partial charge in [-0.2, -0.15) is 0 Å². The van der Waals surface area contributed by atoms with Gasteiger partial charge in [-0.25, -0.2) is 13.1 Å². The summed E-state index contributed by atoms with van der Waals surface area (Å²) in [5.74, 6) is -0.372. The fourth-order valence-corrected chi connectivity index (χ4v) is 2.22. The molecule has 2 N–H and O–H groups in total. The van der Waals surface area contributed by atoms with E-state index in [0.29, 0.717) is 10.6 Å². The predicted octanol–water partition coefficient (Wildman–Crippen LogP) is 1.75. The van der Waals surface area contributed by atoms with Crippen molar-refractivity contribution in [2.75, 3.05) is 6.54 Å². The summed E-state index contributed by atoms with van der Waals surface area (Å²) in [6.07, 6.45) is 1.43. The minimum absolute atomic E-state index is 0.0309. The molecule has 5 nitrogen and oxygen atoms in total. The van der Waals surface area contributed by atoms with Gasteiger partial charge < -0.3 is 5.32 Å². The number of sulfonamides is 1. The van der Waals surface area contributed by atoms with E-state index in [1.54, 1.807) is 38.1 Å². The van der Waals surface area contributed by atoms with Gasteiger partial charge in [0.25, 0.3) is 0 Å². The van der Waals surface area contributed by atoms with Crippen LogP contribution in [0.15, 0.2) is 29.7 Å². The van der Waals surface area contributed by atoms with Gasteiger partial charge in [0.05, 0.1) is 6.54 Å². The van der Waals surface area contributed by atoms with Gasteiger partial charge in [0.15, 0.2) is 0 Å². The number of benzene rings is 1. The maximum atomic E-state index is 11.7. The van der Waals surface area contributed by atoms with Gasteiger partial charge in [0, 0.05) is 16.5 Å². The van der Waals surface area contributed by atoms with E-state index < -0.39 is 10.0 Å². The Labute approximate surface area is 124 Å². The molecule has 0 bridgehead atoms. The molecule has 0 aliphatic heterocycles. The number of halogens is 1. The summed E-state index contributed by atoms with van der Waals surface area (Å²) >= 11 is 5.73. The van der Waals surface area contributed by atoms with E-state index in [4.69, 9.17) is 11.6 Å². The van der Waals surface area contributed by atoms with Crippen LogP contribution in [0.25, 0.3) is 6.08 Å². The van der Waals surface area contributed by atoms with Crippen LogP contribution < -0.4 is 10.0 Å². The van der Waals surface area contributed by atoms with Gasteiger partial charge in [0.1, 0.15) is 0 Å². The highest BCUT2D eigenvalue weighted by atomic mass is 35.5. The van der Waals surface area contributed by atoms with Crippen LogP contribution in [0.2, 0.25) is 5.02 Å². The van der Waals surface area contributed by atoms with Crippen LogP contribution in [-0.2, 0) is 14.8 Å². The second-order valence-corrected chi connectivity index (χ2v) is 6.53. The van der Waals surface area contributed by atoms with Crippen LogP contribution in [0.3, 0.4) is 0 Å². The molecule has 1 aromatic carbocycles. The number of hydrogen-bond acceptors (Lipinski definition) is 3. The SMILES string of the molecule is CC(C)NC(=O)CNS(=O)(=O)/C=C/c1ccc(Cl)cc1. The number of carbonyl (C=O) groups is 1. The van der Waals surface area contributed by atoms with Gasteiger partial charge in [-0.15, -0.1) is 0 Å². The smallest absolute Gasteiger partial charge is 0.235 e. The van der Waals surface area contributed by atoms with Crippen molar-refractivity contribution in [1.29, 1.82) is 0 Å². The molecule has 1 amide bonds. The van der Waals surface area contributed by atoms with E-state index in [-0.39, 0.29) is 18.5 Å². The first-order valence-electron chi connectivity index (χ1n) is 6.01. The zero-order valence-corrected chi connectivity index (χ0v) is 12.8. The van der Waals surface area contributed by atoms with E-state index in [2.05, 4.69) is 10.0 Å².